The van der Waals surface area contributed by atoms with Crippen molar-refractivity contribution in [3.63, 3.8) is 0 Å². The van der Waals surface area contributed by atoms with Gasteiger partial charge in [-0.1, -0.05) is 44.2 Å². The standard InChI is InChI=1S/C27H36N4O6/c1-26(2,14-22(28)33)17-27(19-8-6-5-7-9-19,31-13-10-18(15-31)24(34)35)25(36)29-23-20(32)16-37-21(23)11-12-30(3)4/h5-10,13,15,21,23H,11-12,14,16-17H2,1-4H3,(H2,28,33)(H,29,36)(H,34,35). The van der Waals surface area contributed by atoms with Crippen molar-refractivity contribution >= 4 is 23.6 Å². The lowest BCUT2D eigenvalue weighted by Crippen LogP contribution is -2.57. The number of nitrogens with zero attached hydrogens (tertiary/aromatic N) is 2. The van der Waals surface area contributed by atoms with Crippen LogP contribution in [0, 0.1) is 5.41 Å². The van der Waals surface area contributed by atoms with Crippen LogP contribution in [0.2, 0.25) is 0 Å². The highest BCUT2D eigenvalue weighted by Gasteiger charge is 2.49. The van der Waals surface area contributed by atoms with E-state index in [0.717, 1.165) is 0 Å². The van der Waals surface area contributed by atoms with Crippen LogP contribution in [0.25, 0.3) is 0 Å². The molecule has 10 nitrogen and oxygen atoms in total. The lowest BCUT2D eigenvalue weighted by Gasteiger charge is -2.41. The van der Waals surface area contributed by atoms with Gasteiger partial charge in [0.15, 0.2) is 5.78 Å². The number of nitrogens with two attached hydrogens (primary N) is 1. The highest BCUT2D eigenvalue weighted by Crippen LogP contribution is 2.41. The molecule has 0 spiro atoms. The van der Waals surface area contributed by atoms with Crippen molar-refractivity contribution in [3.8, 4) is 0 Å². The highest BCUT2D eigenvalue weighted by molar-refractivity contribution is 5.96. The molecule has 1 fully saturated rings. The third kappa shape index (κ3) is 6.44. The number of nitrogens with one attached hydrogen (secondary N) is 1. The molecule has 1 aliphatic heterocycles. The van der Waals surface area contributed by atoms with Crippen molar-refractivity contribution < 1.29 is 29.0 Å². The number of primary amides is 1. The molecule has 10 heteroatoms. The summed E-state index contributed by atoms with van der Waals surface area (Å²) in [5.74, 6) is -2.38. The molecule has 2 amide bonds. The van der Waals surface area contributed by atoms with Gasteiger partial charge >= 0.3 is 5.97 Å². The largest absolute Gasteiger partial charge is 0.478 e. The van der Waals surface area contributed by atoms with Crippen LogP contribution in [0.15, 0.2) is 48.8 Å². The van der Waals surface area contributed by atoms with Crippen LogP contribution in [0.4, 0.5) is 0 Å². The van der Waals surface area contributed by atoms with Gasteiger partial charge in [-0.05, 0) is 44.0 Å². The second-order valence-electron chi connectivity index (χ2n) is 10.7. The van der Waals surface area contributed by atoms with Crippen molar-refractivity contribution in [1.29, 1.82) is 0 Å². The van der Waals surface area contributed by atoms with Crippen LogP contribution in [-0.4, -0.2) is 77.5 Å². The van der Waals surface area contributed by atoms with Crippen molar-refractivity contribution in [2.24, 2.45) is 11.1 Å². The second kappa shape index (κ2) is 11.3. The van der Waals surface area contributed by atoms with Crippen molar-refractivity contribution in [1.82, 2.24) is 14.8 Å². The molecule has 0 radical (unpaired) electrons. The fourth-order valence-corrected chi connectivity index (χ4v) is 5.02. The summed E-state index contributed by atoms with van der Waals surface area (Å²) in [5, 5.41) is 12.5. The summed E-state index contributed by atoms with van der Waals surface area (Å²) in [7, 11) is 3.83. The molecule has 2 aromatic rings. The zero-order valence-corrected chi connectivity index (χ0v) is 21.8. The van der Waals surface area contributed by atoms with E-state index in [1.807, 2.05) is 38.9 Å². The molecular weight excluding hydrogens is 476 g/mol. The van der Waals surface area contributed by atoms with Gasteiger partial charge in [-0.2, -0.15) is 0 Å². The fraction of sp³-hybridized carbons (Fsp3) is 0.481. The first-order chi connectivity index (χ1) is 17.4. The van der Waals surface area contributed by atoms with Gasteiger partial charge in [0, 0.05) is 25.4 Å². The van der Waals surface area contributed by atoms with Gasteiger partial charge in [0.05, 0.1) is 11.7 Å². The number of carbonyl (C=O) groups is 4. The van der Waals surface area contributed by atoms with Crippen LogP contribution in [0.5, 0.6) is 0 Å². The number of rotatable bonds is 12. The molecule has 1 aromatic heterocycles. The lowest BCUT2D eigenvalue weighted by atomic mass is 9.72. The number of Topliss-reactive ketones (excluding diaryl/α,β-unsaturated/α-hetero) is 1. The second-order valence-corrected chi connectivity index (χ2v) is 10.7. The Kier molecular flexibility index (Phi) is 8.55. The highest BCUT2D eigenvalue weighted by atomic mass is 16.5. The van der Waals surface area contributed by atoms with Crippen LogP contribution in [-0.2, 0) is 24.7 Å². The molecule has 1 aliphatic rings. The Labute approximate surface area is 216 Å². The Morgan fingerprint density at radius 2 is 1.86 bits per heavy atom. The van der Waals surface area contributed by atoms with E-state index in [-0.39, 0.29) is 30.8 Å². The molecule has 1 aromatic carbocycles. The van der Waals surface area contributed by atoms with Crippen LogP contribution in [0.1, 0.15) is 49.0 Å². The molecule has 3 atom stereocenters. The SMILES string of the molecule is CN(C)CCC1OCC(=O)C1NC(=O)C(CC(C)(C)CC(N)=O)(c1ccccc1)n1ccc(C(=O)O)c1. The number of carboxylic acids is 1. The van der Waals surface area contributed by atoms with E-state index in [1.165, 1.54) is 18.5 Å². The first-order valence-electron chi connectivity index (χ1n) is 12.2. The Balaban J connectivity index is 2.13. The zero-order valence-electron chi connectivity index (χ0n) is 21.8. The van der Waals surface area contributed by atoms with Crippen molar-refractivity contribution in [2.75, 3.05) is 27.2 Å². The average molecular weight is 513 g/mol. The van der Waals surface area contributed by atoms with Crippen LogP contribution >= 0.6 is 0 Å². The van der Waals surface area contributed by atoms with Crippen LogP contribution < -0.4 is 11.1 Å². The summed E-state index contributed by atoms with van der Waals surface area (Å²) in [6, 6.07) is 9.48. The number of carboxylic acid groups (broad SMARTS) is 1. The Bertz CT molecular complexity index is 1140. The zero-order chi connectivity index (χ0) is 27.4. The first kappa shape index (κ1) is 28.1. The number of ketones is 1. The first-order valence-corrected chi connectivity index (χ1v) is 12.2. The van der Waals surface area contributed by atoms with E-state index >= 15 is 0 Å². The monoisotopic (exact) mass is 512 g/mol. The number of ether oxygens (including phenoxy) is 1. The maximum Gasteiger partial charge on any atom is 0.337 e. The normalized spacial score (nSPS) is 19.5. The number of benzene rings is 1. The van der Waals surface area contributed by atoms with E-state index in [4.69, 9.17) is 10.5 Å². The summed E-state index contributed by atoms with van der Waals surface area (Å²) in [6.07, 6.45) is 3.08. The molecule has 0 saturated carbocycles. The predicted octanol–water partition coefficient (Wildman–Crippen LogP) is 1.63. The Hall–Kier alpha value is -3.50. The summed E-state index contributed by atoms with van der Waals surface area (Å²) in [4.78, 5) is 52.8. The van der Waals surface area contributed by atoms with Gasteiger partial charge in [-0.25, -0.2) is 4.79 Å². The molecule has 3 rings (SSSR count). The molecule has 0 bridgehead atoms. The molecule has 200 valence electrons. The summed E-state index contributed by atoms with van der Waals surface area (Å²) in [6.45, 7) is 4.22. The van der Waals surface area contributed by atoms with Crippen LogP contribution in [0.3, 0.4) is 0 Å². The van der Waals surface area contributed by atoms with E-state index in [2.05, 4.69) is 5.32 Å². The third-order valence-corrected chi connectivity index (χ3v) is 6.70. The average Bonchev–Trinajstić information content (AvgIpc) is 3.44. The van der Waals surface area contributed by atoms with Gasteiger partial charge in [-0.15, -0.1) is 0 Å². The third-order valence-electron chi connectivity index (χ3n) is 6.70. The number of aromatic nitrogens is 1. The maximum atomic E-state index is 14.4. The molecule has 2 heterocycles. The minimum absolute atomic E-state index is 0.00114. The number of amides is 2. The number of carbonyl (C=O) groups excluding carboxylic acids is 3. The number of hydrogen-bond donors (Lipinski definition) is 3. The van der Waals surface area contributed by atoms with E-state index in [9.17, 15) is 24.3 Å². The summed E-state index contributed by atoms with van der Waals surface area (Å²) in [5.41, 5.74) is 3.87. The molecule has 0 aliphatic carbocycles. The minimum atomic E-state index is -1.48. The van der Waals surface area contributed by atoms with E-state index < -0.39 is 40.9 Å². The Morgan fingerprint density at radius 3 is 2.43 bits per heavy atom. The predicted molar refractivity (Wildman–Crippen MR) is 137 cm³/mol. The molecular formula is C27H36N4O6. The molecule has 1 saturated heterocycles. The molecule has 37 heavy (non-hydrogen) atoms. The smallest absolute Gasteiger partial charge is 0.337 e. The van der Waals surface area contributed by atoms with Gasteiger partial charge in [-0.3, -0.25) is 14.4 Å². The Morgan fingerprint density at radius 1 is 1.19 bits per heavy atom. The number of aromatic carboxylic acids is 1. The summed E-state index contributed by atoms with van der Waals surface area (Å²) >= 11 is 0. The van der Waals surface area contributed by atoms with Crippen molar-refractivity contribution in [3.05, 3.63) is 59.9 Å². The van der Waals surface area contributed by atoms with E-state index in [1.54, 1.807) is 28.8 Å². The maximum absolute atomic E-state index is 14.4. The topological polar surface area (TPSA) is 144 Å². The number of hydrogen-bond acceptors (Lipinski definition) is 6. The molecule has 4 N–H and O–H groups in total. The van der Waals surface area contributed by atoms with Gasteiger partial charge in [0.25, 0.3) is 5.91 Å². The van der Waals surface area contributed by atoms with E-state index in [0.29, 0.717) is 18.5 Å². The molecule has 3 unspecified atom stereocenters. The van der Waals surface area contributed by atoms with Gasteiger partial charge < -0.3 is 30.4 Å². The fourth-order valence-electron chi connectivity index (χ4n) is 5.02. The summed E-state index contributed by atoms with van der Waals surface area (Å²) < 4.78 is 7.26. The van der Waals surface area contributed by atoms with Crippen molar-refractivity contribution in [2.45, 2.75) is 50.8 Å². The lowest BCUT2D eigenvalue weighted by molar-refractivity contribution is -0.133. The van der Waals surface area contributed by atoms with Gasteiger partial charge in [0.2, 0.25) is 5.91 Å². The minimum Gasteiger partial charge on any atom is -0.478 e. The van der Waals surface area contributed by atoms with Gasteiger partial charge in [0.1, 0.15) is 18.2 Å². The quantitative estimate of drug-likeness (QED) is 0.392.